The second-order valence-electron chi connectivity index (χ2n) is 16.3. The summed E-state index contributed by atoms with van der Waals surface area (Å²) in [6.45, 7) is 32.9. The van der Waals surface area contributed by atoms with Crippen molar-refractivity contribution in [3.8, 4) is 6.07 Å². The van der Waals surface area contributed by atoms with E-state index >= 15 is 0 Å². The lowest BCUT2D eigenvalue weighted by Crippen LogP contribution is -2.39. The molecule has 0 saturated heterocycles. The lowest BCUT2D eigenvalue weighted by molar-refractivity contribution is -0.157. The highest BCUT2D eigenvalue weighted by Gasteiger charge is 2.35. The first kappa shape index (κ1) is 57.2. The van der Waals surface area contributed by atoms with Gasteiger partial charge in [-0.3, -0.25) is 14.4 Å². The number of rotatable bonds is 28. The van der Waals surface area contributed by atoms with Gasteiger partial charge in [-0.15, -0.1) is 0 Å². The molecule has 16 heteroatoms. The summed E-state index contributed by atoms with van der Waals surface area (Å²) in [6, 6.07) is 23.5. The summed E-state index contributed by atoms with van der Waals surface area (Å²) in [5.41, 5.74) is 2.36. The van der Waals surface area contributed by atoms with Gasteiger partial charge in [0.05, 0.1) is 31.7 Å². The summed E-state index contributed by atoms with van der Waals surface area (Å²) in [7, 11) is 1.81. The molecule has 1 unspecified atom stereocenters. The number of carbonyl (C=O) groups is 5. The van der Waals surface area contributed by atoms with Crippen LogP contribution in [0.4, 0.5) is 17.1 Å². The molecular weight excluding hydrogens is 905 g/mol. The van der Waals surface area contributed by atoms with Crippen molar-refractivity contribution < 1.29 is 47.7 Å². The molecule has 0 aliphatic carbocycles. The van der Waals surface area contributed by atoms with Gasteiger partial charge in [0.1, 0.15) is 38.1 Å². The van der Waals surface area contributed by atoms with Crippen molar-refractivity contribution in [2.45, 2.75) is 60.8 Å². The molecule has 3 rings (SSSR count). The van der Waals surface area contributed by atoms with E-state index in [9.17, 15) is 29.2 Å². The van der Waals surface area contributed by atoms with Gasteiger partial charge in [0, 0.05) is 62.3 Å². The van der Waals surface area contributed by atoms with E-state index in [4.69, 9.17) is 36.8 Å². The molecule has 0 aromatic heterocycles. The van der Waals surface area contributed by atoms with Gasteiger partial charge in [-0.2, -0.15) is 5.26 Å². The van der Waals surface area contributed by atoms with Gasteiger partial charge < -0.3 is 38.4 Å². The van der Waals surface area contributed by atoms with Crippen molar-refractivity contribution in [3.05, 3.63) is 141 Å². The summed E-state index contributed by atoms with van der Waals surface area (Å²) in [4.78, 5) is 77.0. The van der Waals surface area contributed by atoms with Crippen LogP contribution in [0.2, 0.25) is 0 Å². The Hall–Kier alpha value is -8.16. The van der Waals surface area contributed by atoms with Crippen molar-refractivity contribution in [1.82, 2.24) is 0 Å². The van der Waals surface area contributed by atoms with E-state index in [0.29, 0.717) is 29.7 Å². The molecule has 0 radical (unpaired) electrons. The van der Waals surface area contributed by atoms with E-state index < -0.39 is 55.1 Å². The van der Waals surface area contributed by atoms with Gasteiger partial charge in [-0.25, -0.2) is 19.3 Å². The zero-order valence-corrected chi connectivity index (χ0v) is 41.8. The minimum atomic E-state index is -1.38. The van der Waals surface area contributed by atoms with Crippen LogP contribution < -0.4 is 14.7 Å². The average Bonchev–Trinajstić information content (AvgIpc) is 3.38. The largest absolute Gasteiger partial charge is 0.470 e. The number of anilines is 3. The zero-order valence-electron chi connectivity index (χ0n) is 41.8. The van der Waals surface area contributed by atoms with Crippen molar-refractivity contribution >= 4 is 65.1 Å². The van der Waals surface area contributed by atoms with Crippen molar-refractivity contribution in [3.63, 3.8) is 0 Å². The summed E-state index contributed by atoms with van der Waals surface area (Å²) in [5, 5.41) is 9.98. The molecule has 0 N–H and O–H groups in total. The zero-order chi connectivity index (χ0) is 52.3. The van der Waals surface area contributed by atoms with Gasteiger partial charge in [0.15, 0.2) is 0 Å². The second kappa shape index (κ2) is 29.7. The van der Waals surface area contributed by atoms with Crippen LogP contribution in [0.15, 0.2) is 102 Å². The molecule has 0 aliphatic rings. The Morgan fingerprint density at radius 2 is 1.04 bits per heavy atom. The molecule has 1 atom stereocenters. The number of nitrogens with zero attached hydrogens (tertiary/aromatic N) is 6. The fraction of sp³-hybridized carbons (Fsp3) is 0.382. The molecule has 0 aliphatic heterocycles. The molecule has 16 nitrogen and oxygen atoms in total. The van der Waals surface area contributed by atoms with E-state index in [0.717, 1.165) is 43.2 Å². The fourth-order valence-corrected chi connectivity index (χ4v) is 6.77. The summed E-state index contributed by atoms with van der Waals surface area (Å²) < 4.78 is 27.3. The number of hydrogen-bond donors (Lipinski definition) is 0. The lowest BCUT2D eigenvalue weighted by Gasteiger charge is -2.31. The summed E-state index contributed by atoms with van der Waals surface area (Å²) >= 11 is 0. The van der Waals surface area contributed by atoms with Crippen LogP contribution in [0.1, 0.15) is 77.5 Å². The maximum atomic E-state index is 13.5. The van der Waals surface area contributed by atoms with Gasteiger partial charge in [0.2, 0.25) is 0 Å². The number of carbonyl (C=O) groups excluding carboxylic acids is 5. The topological polar surface area (TPSA) is 174 Å². The van der Waals surface area contributed by atoms with Crippen LogP contribution in [0.25, 0.3) is 27.9 Å². The third-order valence-electron chi connectivity index (χ3n) is 11.4. The Bertz CT molecular complexity index is 2420. The number of ether oxygens (including phenoxy) is 5. The maximum absolute atomic E-state index is 13.5. The van der Waals surface area contributed by atoms with E-state index in [1.54, 1.807) is 62.5 Å². The molecule has 3 aromatic rings. The van der Waals surface area contributed by atoms with E-state index in [2.05, 4.69) is 26.1 Å². The molecule has 0 fully saturated rings. The molecule has 0 saturated carbocycles. The smallest absolute Gasteiger partial charge is 0.348 e. The van der Waals surface area contributed by atoms with Crippen LogP contribution >= 0.6 is 0 Å². The molecule has 0 amide bonds. The predicted molar refractivity (Wildman–Crippen MR) is 274 cm³/mol. The highest BCUT2D eigenvalue weighted by molar-refractivity contribution is 5.98. The number of hydrogen-bond acceptors (Lipinski definition) is 14. The molecule has 3 aromatic carbocycles. The molecule has 374 valence electrons. The van der Waals surface area contributed by atoms with E-state index in [1.807, 2.05) is 62.9 Å². The normalized spacial score (nSPS) is 12.1. The molecule has 0 heterocycles. The Balaban J connectivity index is 1.78. The Morgan fingerprint density at radius 3 is 1.44 bits per heavy atom. The van der Waals surface area contributed by atoms with Crippen LogP contribution in [0.5, 0.6) is 0 Å². The van der Waals surface area contributed by atoms with Crippen molar-refractivity contribution in [1.29, 1.82) is 5.26 Å². The van der Waals surface area contributed by atoms with Crippen LogP contribution in [0, 0.1) is 29.9 Å². The first-order chi connectivity index (χ1) is 34.1. The highest BCUT2D eigenvalue weighted by Crippen LogP contribution is 2.28. The Labute approximate surface area is 418 Å². The van der Waals surface area contributed by atoms with Crippen molar-refractivity contribution in [2.75, 3.05) is 87.5 Å². The van der Waals surface area contributed by atoms with Crippen molar-refractivity contribution in [2.24, 2.45) is 5.41 Å². The van der Waals surface area contributed by atoms with Crippen LogP contribution in [0.3, 0.4) is 0 Å². The first-order valence-corrected chi connectivity index (χ1v) is 23.4. The quantitative estimate of drug-likeness (QED) is 0.0168. The third-order valence-corrected chi connectivity index (χ3v) is 11.4. The minimum Gasteiger partial charge on any atom is -0.470 e. The molecule has 0 spiro atoms. The molecule has 71 heavy (non-hydrogen) atoms. The number of benzene rings is 3. The van der Waals surface area contributed by atoms with Crippen LogP contribution in [-0.4, -0.2) is 103 Å². The van der Waals surface area contributed by atoms with Gasteiger partial charge in [-0.05, 0) is 119 Å². The second-order valence-corrected chi connectivity index (χ2v) is 16.3. The Kier molecular flexibility index (Phi) is 23.9. The van der Waals surface area contributed by atoms with Gasteiger partial charge >= 0.3 is 29.8 Å². The third kappa shape index (κ3) is 18.4. The monoisotopic (exact) mass is 968 g/mol. The SMILES string of the molecule is [C-]#[N+]/C(=C\c1ccc(N(C)CCOC(=O)CCCOC(=O)C(=C)C)cc1)C(=O)OCC(CC)(COC(=O)/C(=C/c1ccc(N(CC)CC)cc1)[N+]#[C-])COC(=O)/C(C#N)=C/c1ccc(N(CC)CC)cc1. The van der Waals surface area contributed by atoms with E-state index in [1.165, 1.54) is 25.2 Å². The van der Waals surface area contributed by atoms with Gasteiger partial charge in [-0.1, -0.05) is 49.9 Å². The Morgan fingerprint density at radius 1 is 0.620 bits per heavy atom. The number of esters is 5. The fourth-order valence-electron chi connectivity index (χ4n) is 6.77. The maximum Gasteiger partial charge on any atom is 0.348 e. The standard InChI is InChI=1S/C55H64N6O10/c1-11-55(37-69-52(64)44(36-56)33-41-20-26-46(27-21-41)60(12-2)13-3,39-71-54(66)49(58-9)35-43-22-28-47(29-23-43)61(14-4)15-5)38-70-53(65)48(57-8)34-42-18-24-45(25-19-42)59(10)30-32-67-50(62)17-16-31-68-51(63)40(6)7/h18-29,33-35H,6,11-17,30-32,37-39H2,1-5,7,10H3/b44-33+,48-34-,49-35-. The van der Waals surface area contributed by atoms with E-state index in [-0.39, 0.29) is 48.6 Å². The van der Waals surface area contributed by atoms with Crippen LogP contribution in [-0.2, 0) is 47.7 Å². The average molecular weight is 969 g/mol. The van der Waals surface area contributed by atoms with Gasteiger partial charge in [0.25, 0.3) is 11.4 Å². The number of nitriles is 1. The minimum absolute atomic E-state index is 0.0814. The predicted octanol–water partition coefficient (Wildman–Crippen LogP) is 9.11. The molecular formula is C55H64N6O10. The summed E-state index contributed by atoms with van der Waals surface area (Å²) in [5.74, 6) is -3.85. The summed E-state index contributed by atoms with van der Waals surface area (Å²) in [6.07, 6.45) is 4.69. The lowest BCUT2D eigenvalue weighted by atomic mass is 9.88. The number of likely N-dealkylation sites (N-methyl/N-ethyl adjacent to an activating group) is 1. The molecule has 0 bridgehead atoms. The highest BCUT2D eigenvalue weighted by atomic mass is 16.6. The first-order valence-electron chi connectivity index (χ1n) is 23.4.